The lowest BCUT2D eigenvalue weighted by atomic mass is 9.84. The van der Waals surface area contributed by atoms with Crippen LogP contribution in [0.5, 0.6) is 11.5 Å². The zero-order valence-corrected chi connectivity index (χ0v) is 20.9. The first-order valence-corrected chi connectivity index (χ1v) is 11.8. The van der Waals surface area contributed by atoms with Crippen LogP contribution < -0.4 is 9.64 Å². The molecule has 1 aliphatic heterocycles. The van der Waals surface area contributed by atoms with E-state index in [0.29, 0.717) is 17.9 Å². The van der Waals surface area contributed by atoms with Gasteiger partial charge in [0.2, 0.25) is 0 Å². The van der Waals surface area contributed by atoms with Gasteiger partial charge in [0.1, 0.15) is 17.3 Å². The molecule has 3 aromatic rings. The third kappa shape index (κ3) is 4.79. The number of nitrogens with zero attached hydrogens (tertiary/aromatic N) is 1. The van der Waals surface area contributed by atoms with Crippen LogP contribution in [0.15, 0.2) is 66.2 Å². The molecule has 2 N–H and O–H groups in total. The van der Waals surface area contributed by atoms with Gasteiger partial charge in [-0.3, -0.25) is 14.5 Å². The molecule has 1 atom stereocenters. The maximum atomic E-state index is 14.1. The van der Waals surface area contributed by atoms with E-state index in [-0.39, 0.29) is 28.0 Å². The van der Waals surface area contributed by atoms with Gasteiger partial charge in [-0.15, -0.1) is 0 Å². The fraction of sp³-hybridized carbons (Fsp3) is 0.241. The first-order chi connectivity index (χ1) is 17.4. The van der Waals surface area contributed by atoms with Crippen molar-refractivity contribution in [3.8, 4) is 11.5 Å². The zero-order chi connectivity index (χ0) is 27.1. The normalized spacial score (nSPS) is 17.4. The van der Waals surface area contributed by atoms with Crippen molar-refractivity contribution < 1.29 is 33.3 Å². The number of Topliss-reactive ketones (excluding diaryl/α,β-unsaturated/α-hetero) is 1. The topological polar surface area (TPSA) is 87.1 Å². The third-order valence-electron chi connectivity index (χ3n) is 6.17. The molecule has 0 spiro atoms. The second-order valence-corrected chi connectivity index (χ2v) is 9.76. The zero-order valence-electron chi connectivity index (χ0n) is 20.9. The van der Waals surface area contributed by atoms with Crippen LogP contribution in [-0.4, -0.2) is 28.5 Å². The van der Waals surface area contributed by atoms with Crippen LogP contribution in [0.1, 0.15) is 50.4 Å². The Balaban J connectivity index is 1.96. The number of aliphatic hydroxyl groups is 1. The molecule has 0 bridgehead atoms. The fourth-order valence-electron chi connectivity index (χ4n) is 4.44. The van der Waals surface area contributed by atoms with Crippen molar-refractivity contribution >= 4 is 23.1 Å². The number of hydrogen-bond acceptors (Lipinski definition) is 5. The van der Waals surface area contributed by atoms with E-state index >= 15 is 0 Å². The van der Waals surface area contributed by atoms with Crippen LogP contribution >= 0.6 is 0 Å². The number of aliphatic hydroxyl groups excluding tert-OH is 1. The van der Waals surface area contributed by atoms with Gasteiger partial charge < -0.3 is 14.9 Å². The van der Waals surface area contributed by atoms with Crippen LogP contribution in [0.2, 0.25) is 0 Å². The first kappa shape index (κ1) is 25.9. The Morgan fingerprint density at radius 2 is 1.73 bits per heavy atom. The highest BCUT2D eigenvalue weighted by atomic mass is 19.2. The van der Waals surface area contributed by atoms with Gasteiger partial charge in [-0.05, 0) is 60.4 Å². The average molecular weight is 508 g/mol. The minimum Gasteiger partial charge on any atom is -0.508 e. The number of phenols is 1. The standard InChI is InChI=1S/C29H27F2NO5/c1-5-37-23-12-9-17(14-20(23)29(2,3)4)26(34)24-25(16-7-6-8-19(33)13-16)32(28(36)27(24)35)18-10-11-21(30)22(31)15-18/h6-15,25,33-34H,5H2,1-4H3/b26-24-. The van der Waals surface area contributed by atoms with Crippen molar-refractivity contribution in [3.05, 3.63) is 94.6 Å². The second-order valence-electron chi connectivity index (χ2n) is 9.76. The molecule has 0 aromatic heterocycles. The monoisotopic (exact) mass is 507 g/mol. The molecular formula is C29H27F2NO5. The summed E-state index contributed by atoms with van der Waals surface area (Å²) in [6, 6.07) is 12.4. The molecule has 1 fully saturated rings. The summed E-state index contributed by atoms with van der Waals surface area (Å²) in [5, 5.41) is 21.5. The molecule has 192 valence electrons. The Morgan fingerprint density at radius 3 is 2.35 bits per heavy atom. The lowest BCUT2D eigenvalue weighted by Gasteiger charge is -2.26. The number of halogens is 2. The number of ether oxygens (including phenoxy) is 1. The minimum atomic E-state index is -1.21. The number of anilines is 1. The minimum absolute atomic E-state index is 0.0736. The van der Waals surface area contributed by atoms with Gasteiger partial charge in [-0.25, -0.2) is 8.78 Å². The number of amides is 1. The first-order valence-electron chi connectivity index (χ1n) is 11.8. The highest BCUT2D eigenvalue weighted by molar-refractivity contribution is 6.51. The number of rotatable bonds is 5. The number of hydrogen-bond donors (Lipinski definition) is 2. The molecule has 6 nitrogen and oxygen atoms in total. The summed E-state index contributed by atoms with van der Waals surface area (Å²) in [6.07, 6.45) is 0. The van der Waals surface area contributed by atoms with Crippen molar-refractivity contribution in [1.29, 1.82) is 0 Å². The van der Waals surface area contributed by atoms with E-state index in [2.05, 4.69) is 0 Å². The molecule has 0 aliphatic carbocycles. The number of carbonyl (C=O) groups excluding carboxylic acids is 2. The van der Waals surface area contributed by atoms with Gasteiger partial charge >= 0.3 is 0 Å². The van der Waals surface area contributed by atoms with Crippen LogP contribution in [0, 0.1) is 11.6 Å². The quantitative estimate of drug-likeness (QED) is 0.252. The molecule has 1 saturated heterocycles. The number of phenolic OH excluding ortho intramolecular Hbond substituents is 1. The number of aromatic hydroxyl groups is 1. The molecule has 8 heteroatoms. The van der Waals surface area contributed by atoms with Gasteiger partial charge in [0.15, 0.2) is 11.6 Å². The third-order valence-corrected chi connectivity index (χ3v) is 6.17. The van der Waals surface area contributed by atoms with Crippen molar-refractivity contribution in [1.82, 2.24) is 0 Å². The Kier molecular flexibility index (Phi) is 6.78. The van der Waals surface area contributed by atoms with Crippen molar-refractivity contribution in [2.45, 2.75) is 39.2 Å². The molecule has 0 radical (unpaired) electrons. The summed E-state index contributed by atoms with van der Waals surface area (Å²) in [7, 11) is 0. The van der Waals surface area contributed by atoms with Gasteiger partial charge in [0.05, 0.1) is 18.2 Å². The molecular weight excluding hydrogens is 480 g/mol. The van der Waals surface area contributed by atoms with E-state index in [1.165, 1.54) is 24.3 Å². The lowest BCUT2D eigenvalue weighted by Crippen LogP contribution is -2.29. The molecule has 1 amide bonds. The Morgan fingerprint density at radius 1 is 1.00 bits per heavy atom. The SMILES string of the molecule is CCOc1ccc(/C(O)=C2/C(=O)C(=O)N(c3ccc(F)c(F)c3)C2c2cccc(O)c2)cc1C(C)(C)C. The van der Waals surface area contributed by atoms with Crippen molar-refractivity contribution in [3.63, 3.8) is 0 Å². The molecule has 4 rings (SSSR count). The predicted molar refractivity (Wildman–Crippen MR) is 136 cm³/mol. The summed E-state index contributed by atoms with van der Waals surface area (Å²) >= 11 is 0. The summed E-state index contributed by atoms with van der Waals surface area (Å²) in [5.41, 5.74) is 0.666. The fourth-order valence-corrected chi connectivity index (χ4v) is 4.44. The number of carbonyl (C=O) groups is 2. The van der Waals surface area contributed by atoms with Crippen LogP contribution in [0.4, 0.5) is 14.5 Å². The highest BCUT2D eigenvalue weighted by Crippen LogP contribution is 2.44. The Hall–Kier alpha value is -4.20. The number of benzene rings is 3. The number of ketones is 1. The summed E-state index contributed by atoms with van der Waals surface area (Å²) in [4.78, 5) is 27.5. The summed E-state index contributed by atoms with van der Waals surface area (Å²) in [5.74, 6) is -4.29. The molecule has 1 aliphatic rings. The largest absolute Gasteiger partial charge is 0.508 e. The maximum Gasteiger partial charge on any atom is 0.300 e. The van der Waals surface area contributed by atoms with E-state index in [9.17, 15) is 28.6 Å². The van der Waals surface area contributed by atoms with Gasteiger partial charge in [-0.1, -0.05) is 32.9 Å². The second kappa shape index (κ2) is 9.69. The van der Waals surface area contributed by atoms with E-state index in [4.69, 9.17) is 4.74 Å². The van der Waals surface area contributed by atoms with E-state index in [0.717, 1.165) is 22.6 Å². The molecule has 1 heterocycles. The van der Waals surface area contributed by atoms with E-state index in [1.807, 2.05) is 27.7 Å². The van der Waals surface area contributed by atoms with Crippen LogP contribution in [0.25, 0.3) is 5.76 Å². The molecule has 3 aromatic carbocycles. The smallest absolute Gasteiger partial charge is 0.300 e. The van der Waals surface area contributed by atoms with E-state index in [1.54, 1.807) is 24.3 Å². The van der Waals surface area contributed by atoms with Crippen molar-refractivity contribution in [2.75, 3.05) is 11.5 Å². The Bertz CT molecular complexity index is 1420. The maximum absolute atomic E-state index is 14.1. The molecule has 1 unspecified atom stereocenters. The molecule has 0 saturated carbocycles. The highest BCUT2D eigenvalue weighted by Gasteiger charge is 2.47. The van der Waals surface area contributed by atoms with Gasteiger partial charge in [0.25, 0.3) is 11.7 Å². The summed E-state index contributed by atoms with van der Waals surface area (Å²) in [6.45, 7) is 8.22. The van der Waals surface area contributed by atoms with Crippen LogP contribution in [0.3, 0.4) is 0 Å². The Labute approximate surface area is 213 Å². The van der Waals surface area contributed by atoms with Crippen molar-refractivity contribution in [2.24, 2.45) is 0 Å². The lowest BCUT2D eigenvalue weighted by molar-refractivity contribution is -0.132. The molecule has 37 heavy (non-hydrogen) atoms. The van der Waals surface area contributed by atoms with E-state index < -0.39 is 35.1 Å². The van der Waals surface area contributed by atoms with Crippen LogP contribution in [-0.2, 0) is 15.0 Å². The summed E-state index contributed by atoms with van der Waals surface area (Å²) < 4.78 is 33.5. The van der Waals surface area contributed by atoms with Gasteiger partial charge in [-0.2, -0.15) is 0 Å². The average Bonchev–Trinajstić information content (AvgIpc) is 3.10. The predicted octanol–water partition coefficient (Wildman–Crippen LogP) is 5.99. The van der Waals surface area contributed by atoms with Gasteiger partial charge in [0, 0.05) is 22.9 Å².